The van der Waals surface area contributed by atoms with Crippen molar-refractivity contribution in [3.05, 3.63) is 33.9 Å². The molecule has 0 saturated heterocycles. The van der Waals surface area contributed by atoms with Crippen LogP contribution >= 0.6 is 0 Å². The molecular weight excluding hydrogens is 196 g/mol. The third-order valence-corrected chi connectivity index (χ3v) is 2.05. The van der Waals surface area contributed by atoms with Gasteiger partial charge in [0.25, 0.3) is 0 Å². The Morgan fingerprint density at radius 3 is 2.27 bits per heavy atom. The van der Waals surface area contributed by atoms with Gasteiger partial charge in [-0.05, 0) is 0 Å². The van der Waals surface area contributed by atoms with Gasteiger partial charge in [0, 0.05) is 18.9 Å². The molecule has 0 saturated carbocycles. The zero-order chi connectivity index (χ0) is 11.4. The van der Waals surface area contributed by atoms with Gasteiger partial charge in [0.15, 0.2) is 22.8 Å². The van der Waals surface area contributed by atoms with E-state index in [2.05, 4.69) is 0 Å². The molecule has 4 heteroatoms. The van der Waals surface area contributed by atoms with E-state index in [0.29, 0.717) is 0 Å². The van der Waals surface area contributed by atoms with E-state index in [0.717, 1.165) is 12.3 Å². The summed E-state index contributed by atoms with van der Waals surface area (Å²) < 4.78 is 4.94. The lowest BCUT2D eigenvalue weighted by atomic mass is 10.1. The summed E-state index contributed by atoms with van der Waals surface area (Å²) in [6, 6.07) is 1.08. The Kier molecular flexibility index (Phi) is 3.55. The molecule has 0 radical (unpaired) electrons. The summed E-state index contributed by atoms with van der Waals surface area (Å²) in [5.74, 6) is -0.517. The Bertz CT molecular complexity index is 442. The lowest BCUT2D eigenvalue weighted by Gasteiger charge is -1.98. The van der Waals surface area contributed by atoms with Crippen molar-refractivity contribution in [2.45, 2.75) is 26.7 Å². The van der Waals surface area contributed by atoms with E-state index in [1.165, 1.54) is 0 Å². The van der Waals surface area contributed by atoms with Gasteiger partial charge in [0.1, 0.15) is 11.8 Å². The largest absolute Gasteiger partial charge is 0.460 e. The molecular formula is C11H12O4. The smallest absolute Gasteiger partial charge is 0.197 e. The highest BCUT2D eigenvalue weighted by Crippen LogP contribution is 2.04. The molecule has 1 heterocycles. The predicted molar refractivity (Wildman–Crippen MR) is 54.2 cm³/mol. The van der Waals surface area contributed by atoms with Crippen LogP contribution < -0.4 is 5.43 Å². The van der Waals surface area contributed by atoms with Crippen molar-refractivity contribution in [2.24, 2.45) is 0 Å². The van der Waals surface area contributed by atoms with Crippen molar-refractivity contribution >= 4 is 11.6 Å². The van der Waals surface area contributed by atoms with E-state index in [1.54, 1.807) is 13.8 Å². The summed E-state index contributed by atoms with van der Waals surface area (Å²) in [5, 5.41) is 0. The normalized spacial score (nSPS) is 10.0. The number of ketones is 2. The van der Waals surface area contributed by atoms with Crippen LogP contribution in [-0.4, -0.2) is 11.6 Å². The molecule has 0 bridgehead atoms. The molecule has 0 aliphatic heterocycles. The molecule has 1 aromatic heterocycles. The van der Waals surface area contributed by atoms with E-state index in [-0.39, 0.29) is 35.7 Å². The summed E-state index contributed by atoms with van der Waals surface area (Å²) in [4.78, 5) is 33.9. The molecule has 0 N–H and O–H groups in total. The molecule has 80 valence electrons. The third-order valence-electron chi connectivity index (χ3n) is 2.05. The second-order valence-corrected chi connectivity index (χ2v) is 3.08. The van der Waals surface area contributed by atoms with Gasteiger partial charge in [-0.25, -0.2) is 0 Å². The van der Waals surface area contributed by atoms with Crippen LogP contribution in [0.1, 0.15) is 47.6 Å². The van der Waals surface area contributed by atoms with Gasteiger partial charge < -0.3 is 4.42 Å². The number of Topliss-reactive ketones (excluding diaryl/α,β-unsaturated/α-hetero) is 2. The minimum atomic E-state index is -0.454. The lowest BCUT2D eigenvalue weighted by Crippen LogP contribution is -2.15. The number of hydrogen-bond acceptors (Lipinski definition) is 4. The van der Waals surface area contributed by atoms with Crippen molar-refractivity contribution in [1.29, 1.82) is 0 Å². The zero-order valence-corrected chi connectivity index (χ0v) is 8.70. The molecule has 0 amide bonds. The summed E-state index contributed by atoms with van der Waals surface area (Å²) >= 11 is 0. The standard InChI is InChI=1S/C11H12O4/c1-3-8(12)7-6-15-11(5-10(7)14)9(13)4-2/h5-6H,3-4H2,1-2H3. The SMILES string of the molecule is CCC(=O)c1cc(=O)c(C(=O)CC)co1. The van der Waals surface area contributed by atoms with Crippen molar-refractivity contribution in [1.82, 2.24) is 0 Å². The number of rotatable bonds is 4. The molecule has 0 aliphatic rings. The monoisotopic (exact) mass is 208 g/mol. The summed E-state index contributed by atoms with van der Waals surface area (Å²) in [6.07, 6.45) is 1.58. The first-order valence-corrected chi connectivity index (χ1v) is 4.79. The van der Waals surface area contributed by atoms with E-state index < -0.39 is 5.43 Å². The van der Waals surface area contributed by atoms with Crippen LogP contribution in [0.4, 0.5) is 0 Å². The van der Waals surface area contributed by atoms with Gasteiger partial charge in [-0.3, -0.25) is 14.4 Å². The summed E-state index contributed by atoms with van der Waals surface area (Å²) in [7, 11) is 0. The predicted octanol–water partition coefficient (Wildman–Crippen LogP) is 1.83. The fraction of sp³-hybridized carbons (Fsp3) is 0.364. The highest BCUT2D eigenvalue weighted by molar-refractivity contribution is 5.97. The topological polar surface area (TPSA) is 64.3 Å². The van der Waals surface area contributed by atoms with E-state index in [1.807, 2.05) is 0 Å². The molecule has 1 rings (SSSR count). The number of carbonyl (C=O) groups is 2. The van der Waals surface area contributed by atoms with E-state index >= 15 is 0 Å². The quantitative estimate of drug-likeness (QED) is 0.708. The second-order valence-electron chi connectivity index (χ2n) is 3.08. The molecule has 0 atom stereocenters. The lowest BCUT2D eigenvalue weighted by molar-refractivity contribution is 0.0948. The average Bonchev–Trinajstić information content (AvgIpc) is 2.26. The Labute approximate surface area is 86.9 Å². The van der Waals surface area contributed by atoms with Gasteiger partial charge >= 0.3 is 0 Å². The molecule has 4 nitrogen and oxygen atoms in total. The molecule has 0 spiro atoms. The van der Waals surface area contributed by atoms with Crippen molar-refractivity contribution in [2.75, 3.05) is 0 Å². The van der Waals surface area contributed by atoms with Crippen molar-refractivity contribution in [3.8, 4) is 0 Å². The van der Waals surface area contributed by atoms with Crippen LogP contribution in [0.25, 0.3) is 0 Å². The van der Waals surface area contributed by atoms with E-state index in [4.69, 9.17) is 4.42 Å². The summed E-state index contributed by atoms with van der Waals surface area (Å²) in [5.41, 5.74) is -0.449. The van der Waals surface area contributed by atoms with Gasteiger partial charge in [-0.2, -0.15) is 0 Å². The fourth-order valence-electron chi connectivity index (χ4n) is 1.13. The maximum absolute atomic E-state index is 11.4. The maximum Gasteiger partial charge on any atom is 0.197 e. The Morgan fingerprint density at radius 2 is 1.80 bits per heavy atom. The van der Waals surface area contributed by atoms with Crippen molar-refractivity contribution < 1.29 is 14.0 Å². The summed E-state index contributed by atoms with van der Waals surface area (Å²) in [6.45, 7) is 3.33. The van der Waals surface area contributed by atoms with Crippen LogP contribution in [0.2, 0.25) is 0 Å². The molecule has 0 fully saturated rings. The van der Waals surface area contributed by atoms with Gasteiger partial charge in [0.2, 0.25) is 0 Å². The van der Waals surface area contributed by atoms with E-state index in [9.17, 15) is 14.4 Å². The Morgan fingerprint density at radius 1 is 1.20 bits per heavy atom. The fourth-order valence-corrected chi connectivity index (χ4v) is 1.13. The Hall–Kier alpha value is -1.71. The molecule has 15 heavy (non-hydrogen) atoms. The highest BCUT2D eigenvalue weighted by atomic mass is 16.3. The Balaban J connectivity index is 3.15. The molecule has 0 unspecified atom stereocenters. The minimum Gasteiger partial charge on any atom is -0.460 e. The van der Waals surface area contributed by atoms with Crippen LogP contribution in [0.5, 0.6) is 0 Å². The first-order valence-electron chi connectivity index (χ1n) is 4.79. The van der Waals surface area contributed by atoms with Gasteiger partial charge in [-0.15, -0.1) is 0 Å². The first kappa shape index (κ1) is 11.4. The number of carbonyl (C=O) groups excluding carboxylic acids is 2. The minimum absolute atomic E-state index is 0.00477. The maximum atomic E-state index is 11.4. The van der Waals surface area contributed by atoms with Crippen LogP contribution in [0, 0.1) is 0 Å². The molecule has 0 aromatic carbocycles. The molecule has 0 aliphatic carbocycles. The van der Waals surface area contributed by atoms with Crippen molar-refractivity contribution in [3.63, 3.8) is 0 Å². The van der Waals surface area contributed by atoms with Crippen LogP contribution in [-0.2, 0) is 0 Å². The third kappa shape index (κ3) is 2.40. The average molecular weight is 208 g/mol. The van der Waals surface area contributed by atoms with Gasteiger partial charge in [-0.1, -0.05) is 13.8 Å². The molecule has 1 aromatic rings. The highest BCUT2D eigenvalue weighted by Gasteiger charge is 2.13. The van der Waals surface area contributed by atoms with Crippen LogP contribution in [0.3, 0.4) is 0 Å². The first-order chi connectivity index (χ1) is 7.10. The number of hydrogen-bond donors (Lipinski definition) is 0. The van der Waals surface area contributed by atoms with Gasteiger partial charge in [0.05, 0.1) is 0 Å². The van der Waals surface area contributed by atoms with Crippen LogP contribution in [0.15, 0.2) is 21.5 Å². The second kappa shape index (κ2) is 4.68. The zero-order valence-electron chi connectivity index (χ0n) is 8.70.